The Bertz CT molecular complexity index is 459. The van der Waals surface area contributed by atoms with Gasteiger partial charge in [-0.3, -0.25) is 0 Å². The van der Waals surface area contributed by atoms with Crippen molar-refractivity contribution in [2.24, 2.45) is 0 Å². The Morgan fingerprint density at radius 3 is 2.38 bits per heavy atom. The molecule has 0 unspecified atom stereocenters. The third-order valence-corrected chi connectivity index (χ3v) is 3.06. The molecule has 0 amide bonds. The SMILES string of the molecule is [C-]#[N+]c1cc(O)cc(C(C)(C)C)c1C1CC1. The fourth-order valence-electron chi connectivity index (χ4n) is 2.14. The van der Waals surface area contributed by atoms with E-state index in [0.29, 0.717) is 11.6 Å². The Labute approximate surface area is 96.7 Å². The number of rotatable bonds is 1. The zero-order chi connectivity index (χ0) is 11.9. The summed E-state index contributed by atoms with van der Waals surface area (Å²) < 4.78 is 0. The van der Waals surface area contributed by atoms with Crippen molar-refractivity contribution >= 4 is 5.69 Å². The number of hydrogen-bond acceptors (Lipinski definition) is 1. The Balaban J connectivity index is 2.66. The van der Waals surface area contributed by atoms with Crippen molar-refractivity contribution < 1.29 is 5.11 Å². The van der Waals surface area contributed by atoms with Crippen molar-refractivity contribution in [3.63, 3.8) is 0 Å². The van der Waals surface area contributed by atoms with E-state index in [4.69, 9.17) is 6.57 Å². The Morgan fingerprint density at radius 1 is 1.31 bits per heavy atom. The summed E-state index contributed by atoms with van der Waals surface area (Å²) in [6.45, 7) is 13.6. The summed E-state index contributed by atoms with van der Waals surface area (Å²) in [5.41, 5.74) is 2.91. The minimum Gasteiger partial charge on any atom is -0.509 e. The van der Waals surface area contributed by atoms with E-state index in [1.807, 2.05) is 6.07 Å². The number of benzene rings is 1. The van der Waals surface area contributed by atoms with Gasteiger partial charge in [0.1, 0.15) is 5.75 Å². The quantitative estimate of drug-likeness (QED) is 0.700. The lowest BCUT2D eigenvalue weighted by molar-refractivity contribution is 0.470. The van der Waals surface area contributed by atoms with Gasteiger partial charge in [0.05, 0.1) is 6.57 Å². The molecule has 1 fully saturated rings. The molecule has 1 N–H and O–H groups in total. The second-order valence-electron chi connectivity index (χ2n) is 5.56. The van der Waals surface area contributed by atoms with E-state index in [1.165, 1.54) is 18.4 Å². The fourth-order valence-corrected chi connectivity index (χ4v) is 2.14. The van der Waals surface area contributed by atoms with E-state index in [9.17, 15) is 5.11 Å². The Hall–Kier alpha value is -1.49. The molecule has 0 atom stereocenters. The van der Waals surface area contributed by atoms with Gasteiger partial charge >= 0.3 is 0 Å². The lowest BCUT2D eigenvalue weighted by Gasteiger charge is -2.24. The third kappa shape index (κ3) is 1.90. The smallest absolute Gasteiger partial charge is 0.194 e. The zero-order valence-electron chi connectivity index (χ0n) is 10.0. The zero-order valence-corrected chi connectivity index (χ0v) is 10.0. The minimum absolute atomic E-state index is 0.0178. The molecule has 0 aliphatic heterocycles. The van der Waals surface area contributed by atoms with Crippen LogP contribution >= 0.6 is 0 Å². The summed E-state index contributed by atoms with van der Waals surface area (Å²) in [5.74, 6) is 0.749. The highest BCUT2D eigenvalue weighted by atomic mass is 16.3. The Morgan fingerprint density at radius 2 is 1.94 bits per heavy atom. The number of phenolic OH excluding ortho intramolecular Hbond substituents is 1. The van der Waals surface area contributed by atoms with E-state index >= 15 is 0 Å². The summed E-state index contributed by atoms with van der Waals surface area (Å²) in [4.78, 5) is 3.56. The molecule has 2 nitrogen and oxygen atoms in total. The van der Waals surface area contributed by atoms with Gasteiger partial charge in [-0.1, -0.05) is 20.8 Å². The number of nitrogens with zero attached hydrogens (tertiary/aromatic N) is 1. The third-order valence-electron chi connectivity index (χ3n) is 3.06. The topological polar surface area (TPSA) is 24.6 Å². The Kier molecular flexibility index (Phi) is 2.42. The van der Waals surface area contributed by atoms with Crippen LogP contribution in [0.3, 0.4) is 0 Å². The van der Waals surface area contributed by atoms with Crippen LogP contribution in [0.1, 0.15) is 50.7 Å². The van der Waals surface area contributed by atoms with Crippen LogP contribution in [-0.2, 0) is 5.41 Å². The first-order chi connectivity index (χ1) is 7.43. The first-order valence-electron chi connectivity index (χ1n) is 5.68. The van der Waals surface area contributed by atoms with E-state index in [2.05, 4.69) is 25.6 Å². The molecule has 1 aliphatic carbocycles. The lowest BCUT2D eigenvalue weighted by Crippen LogP contribution is -2.13. The largest absolute Gasteiger partial charge is 0.509 e. The average molecular weight is 215 g/mol. The predicted octanol–water partition coefficient (Wildman–Crippen LogP) is 4.12. The maximum absolute atomic E-state index is 9.67. The van der Waals surface area contributed by atoms with Crippen LogP contribution < -0.4 is 0 Å². The molecular formula is C14H17NO. The molecule has 1 aromatic rings. The van der Waals surface area contributed by atoms with Gasteiger partial charge in [-0.2, -0.15) is 0 Å². The van der Waals surface area contributed by atoms with Crippen LogP contribution in [0.15, 0.2) is 12.1 Å². The van der Waals surface area contributed by atoms with Gasteiger partial charge in [-0.25, -0.2) is 4.85 Å². The summed E-state index contributed by atoms with van der Waals surface area (Å²) in [5, 5.41) is 9.67. The summed E-state index contributed by atoms with van der Waals surface area (Å²) >= 11 is 0. The van der Waals surface area contributed by atoms with Gasteiger partial charge in [0.2, 0.25) is 0 Å². The molecule has 84 valence electrons. The minimum atomic E-state index is -0.0178. The van der Waals surface area contributed by atoms with Crippen molar-refractivity contribution in [1.82, 2.24) is 0 Å². The highest BCUT2D eigenvalue weighted by Gasteiger charge is 2.32. The van der Waals surface area contributed by atoms with Gasteiger partial charge < -0.3 is 5.11 Å². The summed E-state index contributed by atoms with van der Waals surface area (Å²) in [7, 11) is 0. The van der Waals surface area contributed by atoms with Crippen LogP contribution in [-0.4, -0.2) is 5.11 Å². The van der Waals surface area contributed by atoms with E-state index in [1.54, 1.807) is 6.07 Å². The molecule has 0 radical (unpaired) electrons. The van der Waals surface area contributed by atoms with Crippen LogP contribution in [0.25, 0.3) is 4.85 Å². The van der Waals surface area contributed by atoms with Crippen LogP contribution in [0.2, 0.25) is 0 Å². The first-order valence-corrected chi connectivity index (χ1v) is 5.68. The molecule has 0 heterocycles. The monoisotopic (exact) mass is 215 g/mol. The standard InChI is InChI=1S/C14H17NO/c1-14(2,3)11-7-10(16)8-12(15-4)13(11)9-5-6-9/h7-9,16H,5-6H2,1-3H3. The second-order valence-corrected chi connectivity index (χ2v) is 5.56. The molecule has 0 bridgehead atoms. The van der Waals surface area contributed by atoms with Crippen molar-refractivity contribution in [3.05, 3.63) is 34.7 Å². The number of aromatic hydroxyl groups is 1. The lowest BCUT2D eigenvalue weighted by atomic mass is 9.81. The summed E-state index contributed by atoms with van der Waals surface area (Å²) in [6, 6.07) is 3.41. The van der Waals surface area contributed by atoms with Gasteiger partial charge in [0, 0.05) is 0 Å². The van der Waals surface area contributed by atoms with Crippen molar-refractivity contribution in [2.75, 3.05) is 0 Å². The molecule has 0 aromatic heterocycles. The molecule has 0 spiro atoms. The molecule has 2 heteroatoms. The molecule has 1 saturated carbocycles. The van der Waals surface area contributed by atoms with Crippen molar-refractivity contribution in [3.8, 4) is 5.75 Å². The van der Waals surface area contributed by atoms with Crippen LogP contribution in [0, 0.1) is 6.57 Å². The van der Waals surface area contributed by atoms with Gasteiger partial charge in [-0.15, -0.1) is 0 Å². The average Bonchev–Trinajstić information content (AvgIpc) is 2.98. The normalized spacial score (nSPS) is 15.9. The molecule has 16 heavy (non-hydrogen) atoms. The second kappa shape index (κ2) is 3.52. The van der Waals surface area contributed by atoms with Crippen LogP contribution in [0.5, 0.6) is 5.75 Å². The van der Waals surface area contributed by atoms with Gasteiger partial charge in [-0.05, 0) is 47.4 Å². The summed E-state index contributed by atoms with van der Waals surface area (Å²) in [6.07, 6.45) is 2.35. The van der Waals surface area contributed by atoms with Gasteiger partial charge in [0.15, 0.2) is 5.69 Å². The maximum Gasteiger partial charge on any atom is 0.194 e. The molecular weight excluding hydrogens is 198 g/mol. The number of hydrogen-bond donors (Lipinski definition) is 1. The molecule has 1 aliphatic rings. The molecule has 1 aromatic carbocycles. The predicted molar refractivity (Wildman–Crippen MR) is 65.0 cm³/mol. The number of phenols is 1. The van der Waals surface area contributed by atoms with Crippen LogP contribution in [0.4, 0.5) is 5.69 Å². The molecule has 2 rings (SSSR count). The highest BCUT2D eigenvalue weighted by Crippen LogP contribution is 2.49. The van der Waals surface area contributed by atoms with Gasteiger partial charge in [0.25, 0.3) is 0 Å². The van der Waals surface area contributed by atoms with Crippen molar-refractivity contribution in [2.45, 2.75) is 44.9 Å². The molecule has 0 saturated heterocycles. The van der Waals surface area contributed by atoms with Crippen molar-refractivity contribution in [1.29, 1.82) is 0 Å². The maximum atomic E-state index is 9.67. The van der Waals surface area contributed by atoms with E-state index in [-0.39, 0.29) is 11.2 Å². The van der Waals surface area contributed by atoms with E-state index in [0.717, 1.165) is 5.56 Å². The first kappa shape index (κ1) is 11.0. The highest BCUT2D eigenvalue weighted by molar-refractivity contribution is 5.63. The van der Waals surface area contributed by atoms with E-state index < -0.39 is 0 Å². The fraction of sp³-hybridized carbons (Fsp3) is 0.500.